The van der Waals surface area contributed by atoms with Gasteiger partial charge in [-0.25, -0.2) is 4.79 Å². The van der Waals surface area contributed by atoms with Crippen LogP contribution in [-0.2, 0) is 16.0 Å². The van der Waals surface area contributed by atoms with E-state index in [4.69, 9.17) is 0 Å². The van der Waals surface area contributed by atoms with Crippen molar-refractivity contribution in [3.63, 3.8) is 0 Å². The van der Waals surface area contributed by atoms with Crippen LogP contribution < -0.4 is 10.6 Å². The number of urea groups is 1. The van der Waals surface area contributed by atoms with E-state index in [9.17, 15) is 14.4 Å². The third-order valence-corrected chi connectivity index (χ3v) is 5.98. The first-order chi connectivity index (χ1) is 13.4. The molecule has 152 valence electrons. The summed E-state index contributed by atoms with van der Waals surface area (Å²) in [5, 5.41) is 5.87. The number of carbonyl (C=O) groups is 3. The second-order valence-corrected chi connectivity index (χ2v) is 8.35. The lowest BCUT2D eigenvalue weighted by Crippen LogP contribution is -2.49. The number of aryl methyl sites for hydroxylation is 1. The monoisotopic (exact) mass is 385 g/mol. The molecule has 0 bridgehead atoms. The third kappa shape index (κ3) is 4.05. The number of nitrogens with zero attached hydrogens (tertiary/aromatic N) is 1. The molecule has 1 saturated carbocycles. The molecule has 2 N–H and O–H groups in total. The van der Waals surface area contributed by atoms with E-state index in [0.29, 0.717) is 12.8 Å². The average molecular weight is 386 g/mol. The number of benzene rings is 1. The van der Waals surface area contributed by atoms with Gasteiger partial charge in [0.25, 0.3) is 5.91 Å². The molecule has 4 amide bonds. The molecule has 1 atom stereocenters. The van der Waals surface area contributed by atoms with Crippen LogP contribution >= 0.6 is 0 Å². The molecule has 6 heteroatoms. The minimum atomic E-state index is -0.789. The van der Waals surface area contributed by atoms with Gasteiger partial charge in [0.15, 0.2) is 0 Å². The number of amides is 4. The van der Waals surface area contributed by atoms with Crippen LogP contribution in [0.15, 0.2) is 24.3 Å². The molecule has 2 fully saturated rings. The van der Waals surface area contributed by atoms with Crippen molar-refractivity contribution in [1.82, 2.24) is 15.5 Å². The summed E-state index contributed by atoms with van der Waals surface area (Å²) in [5.41, 5.74) is 1.49. The molecular weight excluding hydrogens is 354 g/mol. The minimum Gasteiger partial charge on any atom is -0.347 e. The fraction of sp³-hybridized carbons (Fsp3) is 0.591. The lowest BCUT2D eigenvalue weighted by Gasteiger charge is -2.30. The van der Waals surface area contributed by atoms with E-state index in [-0.39, 0.29) is 30.3 Å². The van der Waals surface area contributed by atoms with Gasteiger partial charge >= 0.3 is 6.03 Å². The second kappa shape index (κ2) is 8.33. The fourth-order valence-electron chi connectivity index (χ4n) is 4.27. The number of rotatable bonds is 6. The Hall–Kier alpha value is -2.37. The second-order valence-electron chi connectivity index (χ2n) is 8.35. The first-order valence-electron chi connectivity index (χ1n) is 10.4. The van der Waals surface area contributed by atoms with Crippen LogP contribution in [0, 0.1) is 5.92 Å². The van der Waals surface area contributed by atoms with Gasteiger partial charge in [-0.05, 0) is 36.3 Å². The van der Waals surface area contributed by atoms with Crippen LogP contribution in [0.5, 0.6) is 0 Å². The zero-order valence-electron chi connectivity index (χ0n) is 17.1. The van der Waals surface area contributed by atoms with Gasteiger partial charge in [-0.15, -0.1) is 0 Å². The van der Waals surface area contributed by atoms with E-state index in [1.807, 2.05) is 26.0 Å². The van der Waals surface area contributed by atoms with Crippen LogP contribution in [-0.4, -0.2) is 34.8 Å². The van der Waals surface area contributed by atoms with Crippen LogP contribution in [0.25, 0.3) is 0 Å². The molecule has 1 aromatic rings. The number of carbonyl (C=O) groups excluding carboxylic acids is 3. The normalized spacial score (nSPS) is 19.8. The summed E-state index contributed by atoms with van der Waals surface area (Å²) in [7, 11) is 0. The topological polar surface area (TPSA) is 78.5 Å². The predicted molar refractivity (Wildman–Crippen MR) is 108 cm³/mol. The van der Waals surface area contributed by atoms with Gasteiger partial charge in [0.2, 0.25) is 5.91 Å². The van der Waals surface area contributed by atoms with Crippen molar-refractivity contribution in [2.45, 2.75) is 70.9 Å². The molecule has 1 saturated heterocycles. The number of nitrogens with one attached hydrogen (secondary N) is 2. The van der Waals surface area contributed by atoms with Crippen molar-refractivity contribution < 1.29 is 14.4 Å². The molecule has 1 aliphatic heterocycles. The molecule has 1 aromatic carbocycles. The van der Waals surface area contributed by atoms with Crippen LogP contribution in [0.2, 0.25) is 0 Å². The van der Waals surface area contributed by atoms with Crippen molar-refractivity contribution in [3.05, 3.63) is 35.4 Å². The minimum absolute atomic E-state index is 0.164. The third-order valence-electron chi connectivity index (χ3n) is 5.98. The summed E-state index contributed by atoms with van der Waals surface area (Å²) in [4.78, 5) is 39.0. The molecule has 1 aliphatic carbocycles. The molecule has 0 aromatic heterocycles. The Bertz CT molecular complexity index is 736. The van der Waals surface area contributed by atoms with Gasteiger partial charge in [0.1, 0.15) is 12.1 Å². The van der Waals surface area contributed by atoms with E-state index in [0.717, 1.165) is 36.1 Å². The summed E-state index contributed by atoms with van der Waals surface area (Å²) >= 11 is 0. The van der Waals surface area contributed by atoms with Crippen molar-refractivity contribution in [3.8, 4) is 0 Å². The number of hydrogen-bond acceptors (Lipinski definition) is 3. The molecule has 2 aliphatic rings. The van der Waals surface area contributed by atoms with Crippen molar-refractivity contribution in [1.29, 1.82) is 0 Å². The molecule has 28 heavy (non-hydrogen) atoms. The van der Waals surface area contributed by atoms with E-state index in [1.54, 1.807) is 0 Å². The average Bonchev–Trinajstić information content (AvgIpc) is 2.90. The van der Waals surface area contributed by atoms with Crippen LogP contribution in [0.1, 0.15) is 70.0 Å². The smallest absolute Gasteiger partial charge is 0.325 e. The maximum Gasteiger partial charge on any atom is 0.325 e. The highest BCUT2D eigenvalue weighted by atomic mass is 16.2. The summed E-state index contributed by atoms with van der Waals surface area (Å²) in [6, 6.07) is 7.60. The van der Waals surface area contributed by atoms with Gasteiger partial charge in [-0.2, -0.15) is 0 Å². The van der Waals surface area contributed by atoms with Crippen LogP contribution in [0.3, 0.4) is 0 Å². The SMILES string of the molecule is CCc1ccc([C@H](NC(=O)CN2C(=O)NC3(CCCCC3)C2=O)C(C)C)cc1. The van der Waals surface area contributed by atoms with Crippen molar-refractivity contribution in [2.24, 2.45) is 5.92 Å². The lowest BCUT2D eigenvalue weighted by atomic mass is 9.82. The highest BCUT2D eigenvalue weighted by molar-refractivity contribution is 6.09. The Morgan fingerprint density at radius 2 is 1.79 bits per heavy atom. The Kier molecular flexibility index (Phi) is 6.06. The quantitative estimate of drug-likeness (QED) is 0.738. The fourth-order valence-corrected chi connectivity index (χ4v) is 4.27. The van der Waals surface area contributed by atoms with Gasteiger partial charge in [0, 0.05) is 0 Å². The summed E-state index contributed by atoms with van der Waals surface area (Å²) < 4.78 is 0. The molecule has 0 radical (unpaired) electrons. The molecule has 6 nitrogen and oxygen atoms in total. The maximum absolute atomic E-state index is 12.9. The van der Waals surface area contributed by atoms with Crippen LogP contribution in [0.4, 0.5) is 4.79 Å². The Morgan fingerprint density at radius 3 is 2.36 bits per heavy atom. The first kappa shape index (κ1) is 20.4. The van der Waals surface area contributed by atoms with E-state index >= 15 is 0 Å². The summed E-state index contributed by atoms with van der Waals surface area (Å²) in [6.45, 7) is 5.96. The molecular formula is C22H31N3O3. The number of imide groups is 1. The zero-order chi connectivity index (χ0) is 20.3. The number of hydrogen-bond donors (Lipinski definition) is 2. The summed E-state index contributed by atoms with van der Waals surface area (Å²) in [5.74, 6) is -0.375. The Morgan fingerprint density at radius 1 is 1.14 bits per heavy atom. The highest BCUT2D eigenvalue weighted by Crippen LogP contribution is 2.33. The van der Waals surface area contributed by atoms with Gasteiger partial charge in [-0.1, -0.05) is 64.3 Å². The van der Waals surface area contributed by atoms with Gasteiger partial charge in [0.05, 0.1) is 6.04 Å². The first-order valence-corrected chi connectivity index (χ1v) is 10.4. The Labute approximate surface area is 167 Å². The predicted octanol–water partition coefficient (Wildman–Crippen LogP) is 3.32. The highest BCUT2D eigenvalue weighted by Gasteiger charge is 2.51. The molecule has 1 spiro atoms. The van der Waals surface area contributed by atoms with Gasteiger partial charge in [-0.3, -0.25) is 14.5 Å². The lowest BCUT2D eigenvalue weighted by molar-refractivity contribution is -0.136. The van der Waals surface area contributed by atoms with E-state index < -0.39 is 11.6 Å². The van der Waals surface area contributed by atoms with E-state index in [1.165, 1.54) is 5.56 Å². The van der Waals surface area contributed by atoms with Crippen molar-refractivity contribution >= 4 is 17.8 Å². The van der Waals surface area contributed by atoms with Crippen molar-refractivity contribution in [2.75, 3.05) is 6.54 Å². The largest absolute Gasteiger partial charge is 0.347 e. The Balaban J connectivity index is 1.67. The molecule has 0 unspecified atom stereocenters. The van der Waals surface area contributed by atoms with Gasteiger partial charge < -0.3 is 10.6 Å². The maximum atomic E-state index is 12.9. The standard InChI is InChI=1S/C22H31N3O3/c1-4-16-8-10-17(11-9-16)19(15(2)3)23-18(26)14-25-20(27)22(24-21(25)28)12-6-5-7-13-22/h8-11,15,19H,4-7,12-14H2,1-3H3,(H,23,26)(H,24,28)/t19-/m1/s1. The zero-order valence-corrected chi connectivity index (χ0v) is 17.1. The molecule has 1 heterocycles. The van der Waals surface area contributed by atoms with E-state index in [2.05, 4.69) is 29.7 Å². The summed E-state index contributed by atoms with van der Waals surface area (Å²) in [6.07, 6.45) is 5.22. The molecule has 3 rings (SSSR count).